The average Bonchev–Trinajstić information content (AvgIpc) is 2.31. The Morgan fingerprint density at radius 2 is 1.33 bits per heavy atom. The summed E-state index contributed by atoms with van der Waals surface area (Å²) in [7, 11) is 0. The first kappa shape index (κ1) is 12.6. The van der Waals surface area contributed by atoms with Gasteiger partial charge in [-0.1, -0.05) is 24.3 Å². The van der Waals surface area contributed by atoms with Gasteiger partial charge in [0.25, 0.3) is 0 Å². The first-order chi connectivity index (χ1) is 8.58. The summed E-state index contributed by atoms with van der Waals surface area (Å²) in [5.41, 5.74) is 2.02. The topological polar surface area (TPSA) is 74.6 Å². The summed E-state index contributed by atoms with van der Waals surface area (Å²) in [6.45, 7) is 0. The van der Waals surface area contributed by atoms with Gasteiger partial charge in [-0.05, 0) is 35.8 Å². The van der Waals surface area contributed by atoms with Crippen LogP contribution in [0, 0.1) is 0 Å². The number of rotatable bonds is 4. The molecule has 2 N–H and O–H groups in total. The Balaban J connectivity index is 2.28. The van der Waals surface area contributed by atoms with Crippen LogP contribution in [0.4, 0.5) is 0 Å². The second kappa shape index (κ2) is 5.21. The number of hydrogen-bond acceptors (Lipinski definition) is 2. The van der Waals surface area contributed by atoms with Gasteiger partial charge < -0.3 is 10.2 Å². The molecule has 4 nitrogen and oxygen atoms in total. The van der Waals surface area contributed by atoms with Gasteiger partial charge in [0.1, 0.15) is 0 Å². The van der Waals surface area contributed by atoms with Gasteiger partial charge in [0.05, 0.1) is 12.8 Å². The van der Waals surface area contributed by atoms with Crippen LogP contribution in [-0.4, -0.2) is 22.2 Å². The van der Waals surface area contributed by atoms with E-state index in [-0.39, 0.29) is 24.7 Å². The van der Waals surface area contributed by atoms with Gasteiger partial charge in [0, 0.05) is 0 Å². The maximum Gasteiger partial charge on any atom is 0.303 e. The molecule has 0 amide bonds. The third-order valence-corrected chi connectivity index (χ3v) is 3.58. The number of aliphatic carboxylic acids is 2. The molecule has 0 spiro atoms. The number of carbonyl (C=O) groups is 2. The largest absolute Gasteiger partial charge is 0.481 e. The number of carboxylic acid groups (broad SMARTS) is 2. The minimum Gasteiger partial charge on any atom is -0.481 e. The highest BCUT2D eigenvalue weighted by Gasteiger charge is 2.29. The van der Waals surface area contributed by atoms with Crippen molar-refractivity contribution < 1.29 is 19.8 Å². The minimum absolute atomic E-state index is 0.0174. The van der Waals surface area contributed by atoms with Crippen molar-refractivity contribution >= 4 is 11.9 Å². The highest BCUT2D eigenvalue weighted by molar-refractivity contribution is 5.69. The highest BCUT2D eigenvalue weighted by atomic mass is 16.4. The highest BCUT2D eigenvalue weighted by Crippen LogP contribution is 2.41. The van der Waals surface area contributed by atoms with Crippen molar-refractivity contribution in [3.8, 4) is 0 Å². The zero-order chi connectivity index (χ0) is 13.1. The van der Waals surface area contributed by atoms with Gasteiger partial charge in [-0.15, -0.1) is 0 Å². The zero-order valence-electron chi connectivity index (χ0n) is 10.0. The third kappa shape index (κ3) is 2.70. The van der Waals surface area contributed by atoms with E-state index in [2.05, 4.69) is 0 Å². The van der Waals surface area contributed by atoms with Gasteiger partial charge >= 0.3 is 11.9 Å². The van der Waals surface area contributed by atoms with E-state index in [0.717, 1.165) is 24.0 Å². The van der Waals surface area contributed by atoms with Crippen LogP contribution in [0.3, 0.4) is 0 Å². The molecule has 0 aliphatic heterocycles. The van der Waals surface area contributed by atoms with Crippen LogP contribution in [0.2, 0.25) is 0 Å². The first-order valence-electron chi connectivity index (χ1n) is 6.10. The normalized spacial score (nSPS) is 22.2. The Morgan fingerprint density at radius 3 is 1.67 bits per heavy atom. The number of hydrogen-bond donors (Lipinski definition) is 2. The third-order valence-electron chi connectivity index (χ3n) is 3.58. The smallest absolute Gasteiger partial charge is 0.303 e. The lowest BCUT2D eigenvalue weighted by Gasteiger charge is -2.30. The second-order valence-corrected chi connectivity index (χ2v) is 4.80. The van der Waals surface area contributed by atoms with E-state index in [0.29, 0.717) is 0 Å². The van der Waals surface area contributed by atoms with Gasteiger partial charge in [-0.3, -0.25) is 9.59 Å². The van der Waals surface area contributed by atoms with Crippen molar-refractivity contribution in [3.05, 3.63) is 35.4 Å². The Bertz CT molecular complexity index is 424. The standard InChI is InChI=1S/C14H16O4/c15-13(16)7-9-5-6-10(8-14(17)18)12-4-2-1-3-11(9)12/h1-4,9-10H,5-8H2,(H,15,16)(H,17,18). The van der Waals surface area contributed by atoms with Crippen LogP contribution in [0.15, 0.2) is 24.3 Å². The number of fused-ring (bicyclic) bond motifs is 1. The van der Waals surface area contributed by atoms with Gasteiger partial charge in [0.15, 0.2) is 0 Å². The zero-order valence-corrected chi connectivity index (χ0v) is 10.0. The Hall–Kier alpha value is -1.84. The molecule has 0 aromatic heterocycles. The average molecular weight is 248 g/mol. The monoisotopic (exact) mass is 248 g/mol. The lowest BCUT2D eigenvalue weighted by atomic mass is 9.74. The van der Waals surface area contributed by atoms with Crippen LogP contribution < -0.4 is 0 Å². The molecule has 1 aliphatic carbocycles. The molecule has 2 atom stereocenters. The Kier molecular flexibility index (Phi) is 3.65. The SMILES string of the molecule is O=C(O)CC1CCC(CC(=O)O)c2ccccc21. The summed E-state index contributed by atoms with van der Waals surface area (Å²) in [5, 5.41) is 17.8. The molecule has 0 saturated carbocycles. The fourth-order valence-electron chi connectivity index (χ4n) is 2.81. The molecule has 96 valence electrons. The predicted molar refractivity (Wildman–Crippen MR) is 65.7 cm³/mol. The Labute approximate surface area is 105 Å². The van der Waals surface area contributed by atoms with Crippen LogP contribution in [0.25, 0.3) is 0 Å². The molecular weight excluding hydrogens is 232 g/mol. The lowest BCUT2D eigenvalue weighted by Crippen LogP contribution is -2.19. The quantitative estimate of drug-likeness (QED) is 0.858. The molecule has 2 unspecified atom stereocenters. The molecule has 2 rings (SSSR count). The fourth-order valence-corrected chi connectivity index (χ4v) is 2.81. The van der Waals surface area contributed by atoms with E-state index in [9.17, 15) is 9.59 Å². The maximum atomic E-state index is 10.8. The number of carboxylic acids is 2. The first-order valence-corrected chi connectivity index (χ1v) is 6.10. The van der Waals surface area contributed by atoms with Crippen molar-refractivity contribution in [2.75, 3.05) is 0 Å². The molecule has 0 heterocycles. The van der Waals surface area contributed by atoms with E-state index in [4.69, 9.17) is 10.2 Å². The maximum absolute atomic E-state index is 10.8. The van der Waals surface area contributed by atoms with Gasteiger partial charge in [-0.25, -0.2) is 0 Å². The van der Waals surface area contributed by atoms with Crippen LogP contribution >= 0.6 is 0 Å². The summed E-state index contributed by atoms with van der Waals surface area (Å²) in [6, 6.07) is 7.63. The molecule has 1 aromatic rings. The molecule has 0 radical (unpaired) electrons. The summed E-state index contributed by atoms with van der Waals surface area (Å²) in [6.07, 6.45) is 1.75. The van der Waals surface area contributed by atoms with E-state index in [1.165, 1.54) is 0 Å². The molecule has 0 fully saturated rings. The molecule has 4 heteroatoms. The lowest BCUT2D eigenvalue weighted by molar-refractivity contribution is -0.139. The molecule has 1 aromatic carbocycles. The molecule has 18 heavy (non-hydrogen) atoms. The van der Waals surface area contributed by atoms with Crippen LogP contribution in [0.1, 0.15) is 48.6 Å². The molecule has 0 bridgehead atoms. The van der Waals surface area contributed by atoms with E-state index >= 15 is 0 Å². The van der Waals surface area contributed by atoms with Crippen molar-refractivity contribution in [1.29, 1.82) is 0 Å². The Morgan fingerprint density at radius 1 is 0.944 bits per heavy atom. The predicted octanol–water partition coefficient (Wildman–Crippen LogP) is 2.60. The van der Waals surface area contributed by atoms with Gasteiger partial charge in [0.2, 0.25) is 0 Å². The van der Waals surface area contributed by atoms with Crippen molar-refractivity contribution in [3.63, 3.8) is 0 Å². The molecular formula is C14H16O4. The van der Waals surface area contributed by atoms with E-state index < -0.39 is 11.9 Å². The van der Waals surface area contributed by atoms with Crippen LogP contribution in [-0.2, 0) is 9.59 Å². The summed E-state index contributed by atoms with van der Waals surface area (Å²) < 4.78 is 0. The summed E-state index contributed by atoms with van der Waals surface area (Å²) in [5.74, 6) is -1.56. The van der Waals surface area contributed by atoms with E-state index in [1.807, 2.05) is 24.3 Å². The molecule has 0 saturated heterocycles. The fraction of sp³-hybridized carbons (Fsp3) is 0.429. The van der Waals surface area contributed by atoms with Crippen molar-refractivity contribution in [2.45, 2.75) is 37.5 Å². The van der Waals surface area contributed by atoms with E-state index in [1.54, 1.807) is 0 Å². The molecule has 1 aliphatic rings. The summed E-state index contributed by atoms with van der Waals surface area (Å²) >= 11 is 0. The minimum atomic E-state index is -0.800. The number of benzene rings is 1. The van der Waals surface area contributed by atoms with Crippen LogP contribution in [0.5, 0.6) is 0 Å². The van der Waals surface area contributed by atoms with Crippen molar-refractivity contribution in [1.82, 2.24) is 0 Å². The van der Waals surface area contributed by atoms with Crippen molar-refractivity contribution in [2.24, 2.45) is 0 Å². The van der Waals surface area contributed by atoms with Gasteiger partial charge in [-0.2, -0.15) is 0 Å². The summed E-state index contributed by atoms with van der Waals surface area (Å²) in [4.78, 5) is 21.7. The second-order valence-electron chi connectivity index (χ2n) is 4.80.